The van der Waals surface area contributed by atoms with Gasteiger partial charge in [-0.05, 0) is 54.9 Å². The summed E-state index contributed by atoms with van der Waals surface area (Å²) in [6, 6.07) is 30.3. The number of benzene rings is 3. The van der Waals surface area contributed by atoms with E-state index in [-0.39, 0.29) is 0 Å². The molecule has 0 bridgehead atoms. The normalized spacial score (nSPS) is 13.0. The van der Waals surface area contributed by atoms with Crippen molar-refractivity contribution in [3.05, 3.63) is 107 Å². The van der Waals surface area contributed by atoms with E-state index in [9.17, 15) is 0 Å². The van der Waals surface area contributed by atoms with E-state index < -0.39 is 0 Å². The van der Waals surface area contributed by atoms with Crippen LogP contribution in [-0.4, -0.2) is 19.0 Å². The third-order valence-electron chi connectivity index (χ3n) is 4.67. The lowest BCUT2D eigenvalue weighted by atomic mass is 9.89. The summed E-state index contributed by atoms with van der Waals surface area (Å²) in [4.78, 5) is 2.25. The Bertz CT molecular complexity index is 832. The van der Waals surface area contributed by atoms with Crippen LogP contribution in [0.2, 0.25) is 0 Å². The summed E-state index contributed by atoms with van der Waals surface area (Å²) in [5, 5.41) is 0. The number of nitrogens with zero attached hydrogens (tertiary/aromatic N) is 1. The minimum Gasteiger partial charge on any atom is -0.303 e. The number of hydrogen-bond donors (Lipinski definition) is 0. The van der Waals surface area contributed by atoms with Gasteiger partial charge in [0, 0.05) is 6.04 Å². The van der Waals surface area contributed by atoms with Crippen molar-refractivity contribution in [2.75, 3.05) is 14.1 Å². The van der Waals surface area contributed by atoms with Gasteiger partial charge in [-0.1, -0.05) is 84.9 Å². The average molecular weight is 327 g/mol. The van der Waals surface area contributed by atoms with Crippen molar-refractivity contribution in [3.63, 3.8) is 0 Å². The van der Waals surface area contributed by atoms with E-state index in [1.165, 1.54) is 27.8 Å². The van der Waals surface area contributed by atoms with Crippen molar-refractivity contribution in [2.24, 2.45) is 0 Å². The molecule has 0 aliphatic carbocycles. The summed E-state index contributed by atoms with van der Waals surface area (Å²) in [7, 11) is 4.26. The zero-order valence-corrected chi connectivity index (χ0v) is 15.2. The van der Waals surface area contributed by atoms with Gasteiger partial charge in [0.15, 0.2) is 0 Å². The summed E-state index contributed by atoms with van der Waals surface area (Å²) in [5.41, 5.74) is 6.35. The van der Waals surface area contributed by atoms with Crippen LogP contribution in [0, 0.1) is 0 Å². The predicted molar refractivity (Wildman–Crippen MR) is 108 cm³/mol. The highest BCUT2D eigenvalue weighted by atomic mass is 15.1. The van der Waals surface area contributed by atoms with Gasteiger partial charge in [-0.2, -0.15) is 0 Å². The molecule has 126 valence electrons. The molecule has 3 aromatic carbocycles. The Morgan fingerprint density at radius 2 is 1.32 bits per heavy atom. The van der Waals surface area contributed by atoms with Crippen molar-refractivity contribution >= 4 is 11.6 Å². The van der Waals surface area contributed by atoms with Crippen LogP contribution >= 0.6 is 0 Å². The first kappa shape index (κ1) is 17.2. The SMILES string of the molecule is C[C@@H](c1ccccc1/C(=C/c1ccccc1)c1ccccc1)N(C)C. The van der Waals surface area contributed by atoms with Crippen LogP contribution in [0.5, 0.6) is 0 Å². The number of hydrogen-bond acceptors (Lipinski definition) is 1. The second-order valence-electron chi connectivity index (χ2n) is 6.56. The van der Waals surface area contributed by atoms with Gasteiger partial charge in [-0.3, -0.25) is 0 Å². The van der Waals surface area contributed by atoms with Crippen molar-refractivity contribution < 1.29 is 0 Å². The van der Waals surface area contributed by atoms with Gasteiger partial charge in [0.05, 0.1) is 0 Å². The summed E-state index contributed by atoms with van der Waals surface area (Å²) in [6.07, 6.45) is 2.29. The Hall–Kier alpha value is -2.64. The van der Waals surface area contributed by atoms with Crippen LogP contribution < -0.4 is 0 Å². The largest absolute Gasteiger partial charge is 0.303 e. The molecule has 0 aromatic heterocycles. The topological polar surface area (TPSA) is 3.24 Å². The molecule has 0 aliphatic heterocycles. The van der Waals surface area contributed by atoms with E-state index in [0.29, 0.717) is 6.04 Å². The zero-order chi connectivity index (χ0) is 17.6. The minimum atomic E-state index is 0.346. The van der Waals surface area contributed by atoms with Gasteiger partial charge < -0.3 is 4.90 Å². The first-order valence-electron chi connectivity index (χ1n) is 8.74. The molecule has 0 unspecified atom stereocenters. The predicted octanol–water partition coefficient (Wildman–Crippen LogP) is 5.90. The molecule has 3 rings (SSSR count). The minimum absolute atomic E-state index is 0.346. The van der Waals surface area contributed by atoms with Crippen molar-refractivity contribution in [3.8, 4) is 0 Å². The Kier molecular flexibility index (Phi) is 5.47. The van der Waals surface area contributed by atoms with Crippen molar-refractivity contribution in [2.45, 2.75) is 13.0 Å². The highest BCUT2D eigenvalue weighted by Gasteiger charge is 2.16. The van der Waals surface area contributed by atoms with Gasteiger partial charge in [-0.25, -0.2) is 0 Å². The molecular weight excluding hydrogens is 302 g/mol. The molecule has 0 heterocycles. The van der Waals surface area contributed by atoms with Gasteiger partial charge in [-0.15, -0.1) is 0 Å². The molecule has 0 amide bonds. The Morgan fingerprint density at radius 3 is 1.96 bits per heavy atom. The highest BCUT2D eigenvalue weighted by molar-refractivity contribution is 5.92. The quantitative estimate of drug-likeness (QED) is 0.527. The molecule has 1 atom stereocenters. The molecule has 1 heteroatoms. The van der Waals surface area contributed by atoms with Crippen LogP contribution in [-0.2, 0) is 0 Å². The van der Waals surface area contributed by atoms with E-state index in [2.05, 4.69) is 117 Å². The van der Waals surface area contributed by atoms with E-state index in [0.717, 1.165) is 0 Å². The summed E-state index contributed by atoms with van der Waals surface area (Å²) < 4.78 is 0. The molecule has 3 aromatic rings. The standard InChI is InChI=1S/C24H25N/c1-19(25(2)3)22-16-10-11-17-23(22)24(21-14-8-5-9-15-21)18-20-12-6-4-7-13-20/h4-19H,1-3H3/b24-18+/t19-/m0/s1. The third kappa shape index (κ3) is 4.07. The molecule has 1 nitrogen and oxygen atoms in total. The third-order valence-corrected chi connectivity index (χ3v) is 4.67. The second kappa shape index (κ2) is 7.96. The maximum Gasteiger partial charge on any atom is 0.0319 e. The Morgan fingerprint density at radius 1 is 0.760 bits per heavy atom. The fourth-order valence-corrected chi connectivity index (χ4v) is 3.03. The lowest BCUT2D eigenvalue weighted by molar-refractivity contribution is 0.321. The molecular formula is C24H25N. The molecule has 25 heavy (non-hydrogen) atoms. The average Bonchev–Trinajstić information content (AvgIpc) is 2.67. The molecule has 0 saturated carbocycles. The smallest absolute Gasteiger partial charge is 0.0319 e. The van der Waals surface area contributed by atoms with E-state index in [1.54, 1.807) is 0 Å². The van der Waals surface area contributed by atoms with Crippen LogP contribution in [0.3, 0.4) is 0 Å². The first-order valence-corrected chi connectivity index (χ1v) is 8.74. The van der Waals surface area contributed by atoms with E-state index in [4.69, 9.17) is 0 Å². The fraction of sp³-hybridized carbons (Fsp3) is 0.167. The molecule has 0 radical (unpaired) electrons. The zero-order valence-electron chi connectivity index (χ0n) is 15.2. The Balaban J connectivity index is 2.19. The summed E-state index contributed by atoms with van der Waals surface area (Å²) >= 11 is 0. The molecule has 0 N–H and O–H groups in total. The van der Waals surface area contributed by atoms with Gasteiger partial charge in [0.1, 0.15) is 0 Å². The van der Waals surface area contributed by atoms with E-state index >= 15 is 0 Å². The lowest BCUT2D eigenvalue weighted by Gasteiger charge is -2.24. The van der Waals surface area contributed by atoms with Crippen LogP contribution in [0.15, 0.2) is 84.9 Å². The fourth-order valence-electron chi connectivity index (χ4n) is 3.03. The lowest BCUT2D eigenvalue weighted by Crippen LogP contribution is -2.18. The van der Waals surface area contributed by atoms with Crippen molar-refractivity contribution in [1.29, 1.82) is 0 Å². The maximum absolute atomic E-state index is 2.29. The molecule has 0 spiro atoms. The maximum atomic E-state index is 2.29. The number of rotatable bonds is 5. The highest BCUT2D eigenvalue weighted by Crippen LogP contribution is 2.32. The second-order valence-corrected chi connectivity index (χ2v) is 6.56. The van der Waals surface area contributed by atoms with Gasteiger partial charge in [0.25, 0.3) is 0 Å². The van der Waals surface area contributed by atoms with Gasteiger partial charge in [0.2, 0.25) is 0 Å². The van der Waals surface area contributed by atoms with Crippen molar-refractivity contribution in [1.82, 2.24) is 4.90 Å². The summed E-state index contributed by atoms with van der Waals surface area (Å²) in [6.45, 7) is 2.25. The monoisotopic (exact) mass is 327 g/mol. The molecule has 0 fully saturated rings. The Labute approximate surface area is 151 Å². The van der Waals surface area contributed by atoms with E-state index in [1.807, 2.05) is 0 Å². The summed E-state index contributed by atoms with van der Waals surface area (Å²) in [5.74, 6) is 0. The van der Waals surface area contributed by atoms with Gasteiger partial charge >= 0.3 is 0 Å². The van der Waals surface area contributed by atoms with Crippen LogP contribution in [0.4, 0.5) is 0 Å². The molecule has 0 aliphatic rings. The van der Waals surface area contributed by atoms with Crippen LogP contribution in [0.25, 0.3) is 11.6 Å². The van der Waals surface area contributed by atoms with Crippen LogP contribution in [0.1, 0.15) is 35.2 Å². The first-order chi connectivity index (χ1) is 12.2. The molecule has 0 saturated heterocycles.